The summed E-state index contributed by atoms with van der Waals surface area (Å²) in [5.74, 6) is 1.28. The predicted molar refractivity (Wildman–Crippen MR) is 96.9 cm³/mol. The number of hydrogen-bond donors (Lipinski definition) is 2. The Morgan fingerprint density at radius 1 is 1.17 bits per heavy atom. The van der Waals surface area contributed by atoms with Gasteiger partial charge >= 0.3 is 0 Å². The zero-order chi connectivity index (χ0) is 17.3. The van der Waals surface area contributed by atoms with Gasteiger partial charge in [-0.3, -0.25) is 0 Å². The van der Waals surface area contributed by atoms with E-state index in [0.29, 0.717) is 5.75 Å². The number of benzene rings is 1. The summed E-state index contributed by atoms with van der Waals surface area (Å²) in [4.78, 5) is 0. The van der Waals surface area contributed by atoms with Crippen LogP contribution in [-0.2, 0) is 5.41 Å². The molecule has 3 nitrogen and oxygen atoms in total. The van der Waals surface area contributed by atoms with Crippen molar-refractivity contribution in [2.75, 3.05) is 0 Å². The molecular weight excluding hydrogens is 300 g/mol. The van der Waals surface area contributed by atoms with E-state index < -0.39 is 6.10 Å². The van der Waals surface area contributed by atoms with Crippen LogP contribution < -0.4 is 4.74 Å². The standard InChI is InChI=1S/C21H32O3/c1-4-5-8-11-21(2,3)14-12-17(23)19-15-9-6-7-10-16(22)20(15)24-18(19)13-14/h12-13,15-16,20,22-23H,4-11H2,1-3H3. The summed E-state index contributed by atoms with van der Waals surface area (Å²) < 4.78 is 6.14. The van der Waals surface area contributed by atoms with E-state index >= 15 is 0 Å². The molecule has 3 heteroatoms. The van der Waals surface area contributed by atoms with Gasteiger partial charge in [-0.05, 0) is 42.4 Å². The minimum Gasteiger partial charge on any atom is -0.508 e. The highest BCUT2D eigenvalue weighted by molar-refractivity contribution is 5.54. The fraction of sp³-hybridized carbons (Fsp3) is 0.714. The second kappa shape index (κ2) is 6.95. The number of ether oxygens (including phenoxy) is 1. The SMILES string of the molecule is CCCCCC(C)(C)c1cc(O)c2c(c1)OC1C(O)CCCCC21. The maximum absolute atomic E-state index is 10.7. The van der Waals surface area contributed by atoms with E-state index in [1.165, 1.54) is 19.3 Å². The van der Waals surface area contributed by atoms with E-state index in [0.717, 1.165) is 49.0 Å². The molecule has 0 saturated heterocycles. The lowest BCUT2D eigenvalue weighted by molar-refractivity contribution is 0.0361. The van der Waals surface area contributed by atoms with Gasteiger partial charge in [-0.25, -0.2) is 0 Å². The molecule has 1 aromatic carbocycles. The number of rotatable bonds is 5. The van der Waals surface area contributed by atoms with Crippen LogP contribution >= 0.6 is 0 Å². The van der Waals surface area contributed by atoms with E-state index in [9.17, 15) is 10.2 Å². The van der Waals surface area contributed by atoms with Crippen LogP contribution in [0.3, 0.4) is 0 Å². The number of aliphatic hydroxyl groups is 1. The molecule has 1 fully saturated rings. The Labute approximate surface area is 146 Å². The predicted octanol–water partition coefficient (Wildman–Crippen LogP) is 5.03. The second-order valence-corrected chi connectivity index (χ2v) is 8.29. The van der Waals surface area contributed by atoms with Crippen LogP contribution in [0.4, 0.5) is 0 Å². The van der Waals surface area contributed by atoms with Crippen LogP contribution in [0, 0.1) is 0 Å². The summed E-state index contributed by atoms with van der Waals surface area (Å²) in [5, 5.41) is 21.1. The van der Waals surface area contributed by atoms with E-state index in [2.05, 4.69) is 26.8 Å². The molecule has 0 amide bonds. The third kappa shape index (κ3) is 3.28. The first-order valence-corrected chi connectivity index (χ1v) is 9.66. The Kier molecular flexibility index (Phi) is 5.10. The fourth-order valence-electron chi connectivity index (χ4n) is 4.36. The quantitative estimate of drug-likeness (QED) is 0.744. The fourth-order valence-corrected chi connectivity index (χ4v) is 4.36. The Morgan fingerprint density at radius 3 is 2.67 bits per heavy atom. The van der Waals surface area contributed by atoms with Crippen LogP contribution in [0.5, 0.6) is 11.5 Å². The molecule has 2 aliphatic rings. The van der Waals surface area contributed by atoms with E-state index in [-0.39, 0.29) is 17.4 Å². The highest BCUT2D eigenvalue weighted by Crippen LogP contribution is 2.50. The molecule has 1 aromatic rings. The highest BCUT2D eigenvalue weighted by Gasteiger charge is 2.42. The lowest BCUT2D eigenvalue weighted by Crippen LogP contribution is -2.31. The van der Waals surface area contributed by atoms with Gasteiger partial charge in [-0.1, -0.05) is 52.9 Å². The van der Waals surface area contributed by atoms with Crippen molar-refractivity contribution >= 4 is 0 Å². The summed E-state index contributed by atoms with van der Waals surface area (Å²) in [6.07, 6.45) is 8.06. The molecular formula is C21H32O3. The number of phenols is 1. The van der Waals surface area contributed by atoms with Gasteiger partial charge in [0, 0.05) is 11.5 Å². The topological polar surface area (TPSA) is 49.7 Å². The maximum atomic E-state index is 10.7. The van der Waals surface area contributed by atoms with Crippen LogP contribution in [0.15, 0.2) is 12.1 Å². The molecule has 134 valence electrons. The third-order valence-corrected chi connectivity index (χ3v) is 5.98. The lowest BCUT2D eigenvalue weighted by Gasteiger charge is -2.26. The average molecular weight is 332 g/mol. The molecule has 0 radical (unpaired) electrons. The number of phenolic OH excluding ortho intramolecular Hbond substituents is 1. The molecule has 3 atom stereocenters. The molecule has 1 aliphatic heterocycles. The van der Waals surface area contributed by atoms with E-state index in [1.807, 2.05) is 6.07 Å². The molecule has 3 unspecified atom stereocenters. The van der Waals surface area contributed by atoms with Crippen molar-refractivity contribution in [3.63, 3.8) is 0 Å². The number of fused-ring (bicyclic) bond motifs is 3. The van der Waals surface area contributed by atoms with Gasteiger partial charge in [0.1, 0.15) is 17.6 Å². The molecule has 0 bridgehead atoms. The number of aromatic hydroxyl groups is 1. The monoisotopic (exact) mass is 332 g/mol. The second-order valence-electron chi connectivity index (χ2n) is 8.29. The van der Waals surface area contributed by atoms with Crippen molar-refractivity contribution in [1.82, 2.24) is 0 Å². The zero-order valence-corrected chi connectivity index (χ0v) is 15.3. The van der Waals surface area contributed by atoms with Crippen molar-refractivity contribution < 1.29 is 14.9 Å². The van der Waals surface area contributed by atoms with Crippen LogP contribution in [-0.4, -0.2) is 22.4 Å². The molecule has 3 rings (SSSR count). The molecule has 0 aromatic heterocycles. The summed E-state index contributed by atoms with van der Waals surface area (Å²) in [6.45, 7) is 6.70. The summed E-state index contributed by atoms with van der Waals surface area (Å²) in [6, 6.07) is 4.05. The number of hydrogen-bond acceptors (Lipinski definition) is 3. The smallest absolute Gasteiger partial charge is 0.132 e. The van der Waals surface area contributed by atoms with Crippen molar-refractivity contribution in [3.8, 4) is 11.5 Å². The summed E-state index contributed by atoms with van der Waals surface area (Å²) in [5.41, 5.74) is 2.09. The van der Waals surface area contributed by atoms with Gasteiger partial charge in [-0.15, -0.1) is 0 Å². The first-order chi connectivity index (χ1) is 11.4. The van der Waals surface area contributed by atoms with E-state index in [1.54, 1.807) is 0 Å². The van der Waals surface area contributed by atoms with Crippen molar-refractivity contribution in [2.24, 2.45) is 0 Å². The third-order valence-electron chi connectivity index (χ3n) is 5.98. The molecule has 24 heavy (non-hydrogen) atoms. The van der Waals surface area contributed by atoms with Crippen LogP contribution in [0.25, 0.3) is 0 Å². The first-order valence-electron chi connectivity index (χ1n) is 9.66. The summed E-state index contributed by atoms with van der Waals surface area (Å²) >= 11 is 0. The highest BCUT2D eigenvalue weighted by atomic mass is 16.5. The van der Waals surface area contributed by atoms with Gasteiger partial charge in [0.2, 0.25) is 0 Å². The van der Waals surface area contributed by atoms with Crippen molar-refractivity contribution in [1.29, 1.82) is 0 Å². The molecule has 2 N–H and O–H groups in total. The molecule has 0 spiro atoms. The Bertz CT molecular complexity index is 579. The number of aliphatic hydroxyl groups excluding tert-OH is 1. The first kappa shape index (κ1) is 17.6. The van der Waals surface area contributed by atoms with Crippen LogP contribution in [0.1, 0.15) is 89.2 Å². The van der Waals surface area contributed by atoms with Gasteiger partial charge in [0.15, 0.2) is 0 Å². The average Bonchev–Trinajstić information content (AvgIpc) is 2.81. The van der Waals surface area contributed by atoms with Gasteiger partial charge in [0.25, 0.3) is 0 Å². The molecule has 1 saturated carbocycles. The largest absolute Gasteiger partial charge is 0.508 e. The molecule has 1 heterocycles. The minimum absolute atomic E-state index is 0.0221. The Morgan fingerprint density at radius 2 is 1.92 bits per heavy atom. The number of unbranched alkanes of at least 4 members (excludes halogenated alkanes) is 2. The normalized spacial score (nSPS) is 26.4. The molecule has 1 aliphatic carbocycles. The summed E-state index contributed by atoms with van der Waals surface area (Å²) in [7, 11) is 0. The Hall–Kier alpha value is -1.22. The van der Waals surface area contributed by atoms with E-state index in [4.69, 9.17) is 4.74 Å². The van der Waals surface area contributed by atoms with Gasteiger partial charge in [0.05, 0.1) is 6.10 Å². The zero-order valence-electron chi connectivity index (χ0n) is 15.3. The Balaban J connectivity index is 1.88. The van der Waals surface area contributed by atoms with Gasteiger partial charge < -0.3 is 14.9 Å². The van der Waals surface area contributed by atoms with Crippen LogP contribution in [0.2, 0.25) is 0 Å². The van der Waals surface area contributed by atoms with Crippen molar-refractivity contribution in [2.45, 2.75) is 95.7 Å². The lowest BCUT2D eigenvalue weighted by atomic mass is 9.78. The van der Waals surface area contributed by atoms with Gasteiger partial charge in [-0.2, -0.15) is 0 Å². The maximum Gasteiger partial charge on any atom is 0.132 e. The minimum atomic E-state index is -0.426. The van der Waals surface area contributed by atoms with Crippen molar-refractivity contribution in [3.05, 3.63) is 23.3 Å².